The summed E-state index contributed by atoms with van der Waals surface area (Å²) in [5, 5.41) is 12.3. The van der Waals surface area contributed by atoms with Crippen LogP contribution in [0.15, 0.2) is 48.5 Å². The zero-order chi connectivity index (χ0) is 14.2. The molecule has 20 heavy (non-hydrogen) atoms. The molecule has 2 aromatic rings. The summed E-state index contributed by atoms with van der Waals surface area (Å²) in [6.45, 7) is 3.65. The second-order valence-corrected chi connectivity index (χ2v) is 4.60. The Balaban J connectivity index is 1.87. The molecule has 106 valence electrons. The first-order valence-electron chi connectivity index (χ1n) is 6.97. The van der Waals surface area contributed by atoms with Gasteiger partial charge in [-0.3, -0.25) is 0 Å². The summed E-state index contributed by atoms with van der Waals surface area (Å²) in [6.07, 6.45) is 0.708. The molecule has 0 heterocycles. The molecule has 0 bridgehead atoms. The minimum atomic E-state index is 0.193. The number of rotatable bonds is 7. The third-order valence-corrected chi connectivity index (χ3v) is 3.09. The van der Waals surface area contributed by atoms with Crippen LogP contribution < -0.4 is 10.1 Å². The van der Waals surface area contributed by atoms with Gasteiger partial charge >= 0.3 is 0 Å². The predicted octanol–water partition coefficient (Wildman–Crippen LogP) is 3.23. The van der Waals surface area contributed by atoms with Crippen LogP contribution in [0.1, 0.15) is 18.1 Å². The van der Waals surface area contributed by atoms with Crippen LogP contribution in [0.5, 0.6) is 5.75 Å². The van der Waals surface area contributed by atoms with Crippen molar-refractivity contribution in [3.63, 3.8) is 0 Å². The van der Waals surface area contributed by atoms with E-state index >= 15 is 0 Å². The fraction of sp³-hybridized carbons (Fsp3) is 0.294. The van der Waals surface area contributed by atoms with Crippen molar-refractivity contribution in [1.29, 1.82) is 0 Å². The molecule has 0 aliphatic carbocycles. The molecular formula is C17H21NO2. The number of anilines is 1. The van der Waals surface area contributed by atoms with Gasteiger partial charge in [0.15, 0.2) is 0 Å². The molecule has 0 aliphatic rings. The largest absolute Gasteiger partial charge is 0.494 e. The SMILES string of the molecule is CCOc1ccc(CNc2ccc(CCO)cc2)cc1. The molecule has 0 aliphatic heterocycles. The van der Waals surface area contributed by atoms with Crippen molar-refractivity contribution in [3.8, 4) is 5.75 Å². The number of nitrogens with one attached hydrogen (secondary N) is 1. The van der Waals surface area contributed by atoms with Crippen LogP contribution in [0.4, 0.5) is 5.69 Å². The number of aliphatic hydroxyl groups is 1. The van der Waals surface area contributed by atoms with Gasteiger partial charge < -0.3 is 15.2 Å². The first-order chi connectivity index (χ1) is 9.81. The molecule has 0 radical (unpaired) electrons. The fourth-order valence-corrected chi connectivity index (χ4v) is 1.99. The highest BCUT2D eigenvalue weighted by Crippen LogP contribution is 2.15. The Kier molecular flexibility index (Phi) is 5.44. The lowest BCUT2D eigenvalue weighted by molar-refractivity contribution is 0.299. The van der Waals surface area contributed by atoms with Gasteiger partial charge in [0.05, 0.1) is 6.61 Å². The first kappa shape index (κ1) is 14.4. The normalized spacial score (nSPS) is 10.3. The van der Waals surface area contributed by atoms with E-state index < -0.39 is 0 Å². The van der Waals surface area contributed by atoms with Crippen LogP contribution in [-0.2, 0) is 13.0 Å². The van der Waals surface area contributed by atoms with Gasteiger partial charge in [0.25, 0.3) is 0 Å². The van der Waals surface area contributed by atoms with Gasteiger partial charge in [-0.2, -0.15) is 0 Å². The van der Waals surface area contributed by atoms with Gasteiger partial charge in [0.2, 0.25) is 0 Å². The third-order valence-electron chi connectivity index (χ3n) is 3.09. The molecule has 0 saturated heterocycles. The van der Waals surface area contributed by atoms with E-state index in [9.17, 15) is 0 Å². The van der Waals surface area contributed by atoms with Gasteiger partial charge in [-0.25, -0.2) is 0 Å². The Morgan fingerprint density at radius 1 is 0.950 bits per heavy atom. The van der Waals surface area contributed by atoms with Crippen LogP contribution in [0.3, 0.4) is 0 Å². The van der Waals surface area contributed by atoms with E-state index in [1.54, 1.807) is 0 Å². The number of ether oxygens (including phenoxy) is 1. The predicted molar refractivity (Wildman–Crippen MR) is 82.2 cm³/mol. The second kappa shape index (κ2) is 7.56. The van der Waals surface area contributed by atoms with Crippen molar-refractivity contribution in [2.24, 2.45) is 0 Å². The van der Waals surface area contributed by atoms with Crippen LogP contribution in [0, 0.1) is 0 Å². The lowest BCUT2D eigenvalue weighted by Gasteiger charge is -2.08. The minimum Gasteiger partial charge on any atom is -0.494 e. The Morgan fingerprint density at radius 2 is 1.60 bits per heavy atom. The van der Waals surface area contributed by atoms with Gasteiger partial charge in [-0.15, -0.1) is 0 Å². The molecule has 0 spiro atoms. The maximum Gasteiger partial charge on any atom is 0.119 e. The quantitative estimate of drug-likeness (QED) is 0.812. The van der Waals surface area contributed by atoms with Crippen molar-refractivity contribution in [1.82, 2.24) is 0 Å². The zero-order valence-electron chi connectivity index (χ0n) is 11.8. The summed E-state index contributed by atoms with van der Waals surface area (Å²) in [7, 11) is 0. The van der Waals surface area contributed by atoms with E-state index in [-0.39, 0.29) is 6.61 Å². The maximum absolute atomic E-state index is 8.88. The van der Waals surface area contributed by atoms with E-state index in [0.717, 1.165) is 23.5 Å². The molecule has 0 amide bonds. The smallest absolute Gasteiger partial charge is 0.119 e. The average Bonchev–Trinajstić information content (AvgIpc) is 2.49. The zero-order valence-corrected chi connectivity index (χ0v) is 11.8. The fourth-order valence-electron chi connectivity index (χ4n) is 1.99. The number of aliphatic hydroxyl groups excluding tert-OH is 1. The average molecular weight is 271 g/mol. The van der Waals surface area contributed by atoms with Crippen LogP contribution in [0.25, 0.3) is 0 Å². The van der Waals surface area contributed by atoms with E-state index in [1.165, 1.54) is 5.56 Å². The highest BCUT2D eigenvalue weighted by atomic mass is 16.5. The number of hydrogen-bond acceptors (Lipinski definition) is 3. The molecule has 3 nitrogen and oxygen atoms in total. The van der Waals surface area contributed by atoms with Gasteiger partial charge in [-0.05, 0) is 48.7 Å². The summed E-state index contributed by atoms with van der Waals surface area (Å²) in [5.41, 5.74) is 3.45. The van der Waals surface area contributed by atoms with E-state index in [0.29, 0.717) is 13.0 Å². The van der Waals surface area contributed by atoms with Crippen molar-refractivity contribution in [2.45, 2.75) is 19.9 Å². The summed E-state index contributed by atoms with van der Waals surface area (Å²) >= 11 is 0. The minimum absolute atomic E-state index is 0.193. The van der Waals surface area contributed by atoms with Crippen molar-refractivity contribution < 1.29 is 9.84 Å². The van der Waals surface area contributed by atoms with Gasteiger partial charge in [-0.1, -0.05) is 24.3 Å². The molecule has 2 rings (SSSR count). The molecule has 0 fully saturated rings. The number of benzene rings is 2. The molecule has 0 atom stereocenters. The highest BCUT2D eigenvalue weighted by molar-refractivity contribution is 5.45. The third kappa shape index (κ3) is 4.28. The van der Waals surface area contributed by atoms with Crippen LogP contribution >= 0.6 is 0 Å². The standard InChI is InChI=1S/C17H21NO2/c1-2-20-17-9-5-15(6-10-17)13-18-16-7-3-14(4-8-16)11-12-19/h3-10,18-19H,2,11-13H2,1H3. The summed E-state index contributed by atoms with van der Waals surface area (Å²) < 4.78 is 5.42. The Bertz CT molecular complexity index is 456. The molecule has 0 aromatic heterocycles. The van der Waals surface area contributed by atoms with E-state index in [1.807, 2.05) is 43.3 Å². The first-order valence-corrected chi connectivity index (χ1v) is 6.97. The molecule has 2 aromatic carbocycles. The Morgan fingerprint density at radius 3 is 2.20 bits per heavy atom. The molecule has 2 N–H and O–H groups in total. The number of hydrogen-bond donors (Lipinski definition) is 2. The Labute approximate surface area is 120 Å². The topological polar surface area (TPSA) is 41.5 Å². The molecule has 0 unspecified atom stereocenters. The Hall–Kier alpha value is -2.00. The van der Waals surface area contributed by atoms with Crippen molar-refractivity contribution in [3.05, 3.63) is 59.7 Å². The van der Waals surface area contributed by atoms with Crippen LogP contribution in [-0.4, -0.2) is 18.3 Å². The van der Waals surface area contributed by atoms with E-state index in [2.05, 4.69) is 17.4 Å². The monoisotopic (exact) mass is 271 g/mol. The van der Waals surface area contributed by atoms with E-state index in [4.69, 9.17) is 9.84 Å². The molecule has 3 heteroatoms. The summed E-state index contributed by atoms with van der Waals surface area (Å²) in [4.78, 5) is 0. The van der Waals surface area contributed by atoms with Crippen molar-refractivity contribution in [2.75, 3.05) is 18.5 Å². The lowest BCUT2D eigenvalue weighted by atomic mass is 10.1. The maximum atomic E-state index is 8.88. The molecule has 0 saturated carbocycles. The van der Waals surface area contributed by atoms with Crippen molar-refractivity contribution >= 4 is 5.69 Å². The molecular weight excluding hydrogens is 250 g/mol. The summed E-state index contributed by atoms with van der Waals surface area (Å²) in [6, 6.07) is 16.3. The van der Waals surface area contributed by atoms with Gasteiger partial charge in [0.1, 0.15) is 5.75 Å². The van der Waals surface area contributed by atoms with Gasteiger partial charge in [0, 0.05) is 18.8 Å². The lowest BCUT2D eigenvalue weighted by Crippen LogP contribution is -2.00. The summed E-state index contributed by atoms with van der Waals surface area (Å²) in [5.74, 6) is 0.907. The van der Waals surface area contributed by atoms with Crippen LogP contribution in [0.2, 0.25) is 0 Å². The highest BCUT2D eigenvalue weighted by Gasteiger charge is 1.97. The second-order valence-electron chi connectivity index (χ2n) is 4.60.